The van der Waals surface area contributed by atoms with Gasteiger partial charge in [0.25, 0.3) is 0 Å². The third kappa shape index (κ3) is 5.82. The number of imidazole rings is 1. The Morgan fingerprint density at radius 2 is 1.94 bits per heavy atom. The number of ether oxygens (including phenoxy) is 2. The SMILES string of the molecule is COc1cc(CNCCCc2nc3ccccc3[nH]2)cc(Br)c1OCc1cccc(Cl)c1. The van der Waals surface area contributed by atoms with E-state index in [9.17, 15) is 0 Å². The van der Waals surface area contributed by atoms with E-state index in [0.29, 0.717) is 23.1 Å². The standard InChI is InChI=1S/C25H25BrClN3O2/c1-31-23-14-18(13-20(26)25(23)32-16-17-6-4-7-19(27)12-17)15-28-11-5-10-24-29-21-8-2-3-9-22(21)30-24/h2-4,6-9,12-14,28H,5,10-11,15-16H2,1H3,(H,29,30). The summed E-state index contributed by atoms with van der Waals surface area (Å²) in [5.41, 5.74) is 4.23. The number of benzene rings is 3. The van der Waals surface area contributed by atoms with Gasteiger partial charge in [0.05, 0.1) is 22.6 Å². The van der Waals surface area contributed by atoms with Gasteiger partial charge >= 0.3 is 0 Å². The van der Waals surface area contributed by atoms with E-state index in [1.807, 2.05) is 48.5 Å². The molecule has 0 radical (unpaired) electrons. The molecule has 0 spiro atoms. The van der Waals surface area contributed by atoms with E-state index in [2.05, 4.69) is 43.3 Å². The number of hydrogen-bond donors (Lipinski definition) is 2. The molecular formula is C25H25BrClN3O2. The van der Waals surface area contributed by atoms with E-state index < -0.39 is 0 Å². The van der Waals surface area contributed by atoms with E-state index >= 15 is 0 Å². The lowest BCUT2D eigenvalue weighted by atomic mass is 10.2. The van der Waals surface area contributed by atoms with Gasteiger partial charge in [-0.15, -0.1) is 0 Å². The molecule has 0 saturated heterocycles. The molecule has 0 unspecified atom stereocenters. The molecule has 0 aliphatic carbocycles. The number of nitrogens with one attached hydrogen (secondary N) is 2. The predicted molar refractivity (Wildman–Crippen MR) is 133 cm³/mol. The number of H-pyrrole nitrogens is 1. The molecule has 0 saturated carbocycles. The second kappa shape index (κ2) is 10.9. The molecule has 4 aromatic rings. The van der Waals surface area contributed by atoms with Gasteiger partial charge in [-0.2, -0.15) is 0 Å². The number of nitrogens with zero attached hydrogens (tertiary/aromatic N) is 1. The Morgan fingerprint density at radius 3 is 2.75 bits per heavy atom. The third-order valence-electron chi connectivity index (χ3n) is 5.10. The van der Waals surface area contributed by atoms with E-state index in [0.717, 1.165) is 58.4 Å². The van der Waals surface area contributed by atoms with E-state index in [1.165, 1.54) is 0 Å². The van der Waals surface area contributed by atoms with Crippen LogP contribution < -0.4 is 14.8 Å². The van der Waals surface area contributed by atoms with Crippen LogP contribution >= 0.6 is 27.5 Å². The molecule has 32 heavy (non-hydrogen) atoms. The first kappa shape index (κ1) is 22.6. The number of halogens is 2. The monoisotopic (exact) mass is 513 g/mol. The molecule has 0 aliphatic rings. The van der Waals surface area contributed by atoms with Crippen LogP contribution in [-0.2, 0) is 19.6 Å². The van der Waals surface area contributed by atoms with Gasteiger partial charge in [0.1, 0.15) is 12.4 Å². The molecule has 5 nitrogen and oxygen atoms in total. The van der Waals surface area contributed by atoms with Gasteiger partial charge in [0, 0.05) is 18.0 Å². The van der Waals surface area contributed by atoms with Crippen molar-refractivity contribution in [2.24, 2.45) is 0 Å². The first-order chi connectivity index (χ1) is 15.6. The summed E-state index contributed by atoms with van der Waals surface area (Å²) in [4.78, 5) is 8.01. The molecular weight excluding hydrogens is 490 g/mol. The molecule has 0 aliphatic heterocycles. The number of aromatic amines is 1. The van der Waals surface area contributed by atoms with E-state index in [-0.39, 0.29) is 0 Å². The second-order valence-electron chi connectivity index (χ2n) is 7.51. The first-order valence-electron chi connectivity index (χ1n) is 10.5. The van der Waals surface area contributed by atoms with Gasteiger partial charge in [-0.25, -0.2) is 4.98 Å². The Kier molecular flexibility index (Phi) is 7.68. The van der Waals surface area contributed by atoms with Crippen LogP contribution in [0.4, 0.5) is 0 Å². The van der Waals surface area contributed by atoms with Crippen LogP contribution in [0.5, 0.6) is 11.5 Å². The summed E-state index contributed by atoms with van der Waals surface area (Å²) in [7, 11) is 1.65. The maximum atomic E-state index is 6.06. The summed E-state index contributed by atoms with van der Waals surface area (Å²) < 4.78 is 12.4. The van der Waals surface area contributed by atoms with Gasteiger partial charge in [0.2, 0.25) is 0 Å². The third-order valence-corrected chi connectivity index (χ3v) is 5.92. The summed E-state index contributed by atoms with van der Waals surface area (Å²) in [5.74, 6) is 2.40. The zero-order chi connectivity index (χ0) is 22.3. The molecule has 1 aromatic heterocycles. The Hall–Kier alpha value is -2.54. The molecule has 2 N–H and O–H groups in total. The van der Waals surface area contributed by atoms with Crippen molar-refractivity contribution in [3.8, 4) is 11.5 Å². The largest absolute Gasteiger partial charge is 0.493 e. The Labute approximate surface area is 201 Å². The summed E-state index contributed by atoms with van der Waals surface area (Å²) in [6, 6.07) is 19.8. The zero-order valence-electron chi connectivity index (χ0n) is 17.8. The van der Waals surface area contributed by atoms with Crippen molar-refractivity contribution >= 4 is 38.6 Å². The average Bonchev–Trinajstić information content (AvgIpc) is 3.20. The first-order valence-corrected chi connectivity index (χ1v) is 11.7. The topological polar surface area (TPSA) is 59.2 Å². The van der Waals surface area contributed by atoms with Crippen LogP contribution in [0.25, 0.3) is 11.0 Å². The normalized spacial score (nSPS) is 11.1. The number of rotatable bonds is 10. The number of methoxy groups -OCH3 is 1. The van der Waals surface area contributed by atoms with Gasteiger partial charge in [-0.3, -0.25) is 0 Å². The molecule has 0 bridgehead atoms. The highest BCUT2D eigenvalue weighted by Crippen LogP contribution is 2.37. The lowest BCUT2D eigenvalue weighted by Crippen LogP contribution is -2.15. The van der Waals surface area contributed by atoms with Crippen LogP contribution in [0.3, 0.4) is 0 Å². The van der Waals surface area contributed by atoms with Gasteiger partial charge in [-0.05, 0) is 76.4 Å². The van der Waals surface area contributed by atoms with E-state index in [1.54, 1.807) is 7.11 Å². The predicted octanol–water partition coefficient (Wildman–Crippen LogP) is 6.29. The number of hydrogen-bond acceptors (Lipinski definition) is 4. The smallest absolute Gasteiger partial charge is 0.175 e. The van der Waals surface area contributed by atoms with Gasteiger partial charge < -0.3 is 19.8 Å². The zero-order valence-corrected chi connectivity index (χ0v) is 20.2. The highest BCUT2D eigenvalue weighted by molar-refractivity contribution is 9.10. The molecule has 0 atom stereocenters. The Bertz CT molecular complexity index is 1160. The Balaban J connectivity index is 1.29. The van der Waals surface area contributed by atoms with Crippen LogP contribution in [-0.4, -0.2) is 23.6 Å². The fraction of sp³-hybridized carbons (Fsp3) is 0.240. The maximum Gasteiger partial charge on any atom is 0.175 e. The highest BCUT2D eigenvalue weighted by Gasteiger charge is 2.12. The summed E-state index contributed by atoms with van der Waals surface area (Å²) in [5, 5.41) is 4.19. The van der Waals surface area contributed by atoms with Crippen LogP contribution in [0.1, 0.15) is 23.4 Å². The molecule has 3 aromatic carbocycles. The Morgan fingerprint density at radius 1 is 1.06 bits per heavy atom. The second-order valence-corrected chi connectivity index (χ2v) is 8.80. The molecule has 0 fully saturated rings. The van der Waals surface area contributed by atoms with Crippen LogP contribution in [0.15, 0.2) is 65.1 Å². The summed E-state index contributed by atoms with van der Waals surface area (Å²) in [6.07, 6.45) is 1.91. The van der Waals surface area contributed by atoms with Gasteiger partial charge in [0.15, 0.2) is 11.5 Å². The van der Waals surface area contributed by atoms with Crippen molar-refractivity contribution < 1.29 is 9.47 Å². The quantitative estimate of drug-likeness (QED) is 0.244. The highest BCUT2D eigenvalue weighted by atomic mass is 79.9. The number of fused-ring (bicyclic) bond motifs is 1. The fourth-order valence-corrected chi connectivity index (χ4v) is 4.35. The van der Waals surface area contributed by atoms with Crippen molar-refractivity contribution in [3.63, 3.8) is 0 Å². The van der Waals surface area contributed by atoms with Gasteiger partial charge in [-0.1, -0.05) is 35.9 Å². The van der Waals surface area contributed by atoms with Crippen molar-refractivity contribution in [1.82, 2.24) is 15.3 Å². The van der Waals surface area contributed by atoms with Crippen molar-refractivity contribution in [1.29, 1.82) is 0 Å². The van der Waals surface area contributed by atoms with Crippen molar-refractivity contribution in [2.75, 3.05) is 13.7 Å². The summed E-state index contributed by atoms with van der Waals surface area (Å²) in [6.45, 7) is 2.04. The summed E-state index contributed by atoms with van der Waals surface area (Å²) >= 11 is 9.69. The molecule has 166 valence electrons. The lowest BCUT2D eigenvalue weighted by Gasteiger charge is -2.15. The molecule has 1 heterocycles. The fourth-order valence-electron chi connectivity index (χ4n) is 3.54. The number of para-hydroxylation sites is 2. The minimum absolute atomic E-state index is 0.412. The maximum absolute atomic E-state index is 6.06. The van der Waals surface area contributed by atoms with Crippen LogP contribution in [0, 0.1) is 0 Å². The van der Waals surface area contributed by atoms with E-state index in [4.69, 9.17) is 21.1 Å². The minimum atomic E-state index is 0.412. The van der Waals surface area contributed by atoms with Crippen molar-refractivity contribution in [3.05, 3.63) is 87.1 Å². The number of aryl methyl sites for hydroxylation is 1. The molecule has 7 heteroatoms. The molecule has 4 rings (SSSR count). The van der Waals surface area contributed by atoms with Crippen molar-refractivity contribution in [2.45, 2.75) is 26.0 Å². The number of aromatic nitrogens is 2. The minimum Gasteiger partial charge on any atom is -0.493 e. The lowest BCUT2D eigenvalue weighted by molar-refractivity contribution is 0.282. The molecule has 0 amide bonds. The van der Waals surface area contributed by atoms with Crippen LogP contribution in [0.2, 0.25) is 5.02 Å². The average molecular weight is 515 g/mol.